The number of sulfonamides is 1. The van der Waals surface area contributed by atoms with Crippen molar-refractivity contribution in [2.24, 2.45) is 0 Å². The Labute approximate surface area is 163 Å². The summed E-state index contributed by atoms with van der Waals surface area (Å²) in [6, 6.07) is 8.49. The normalized spacial score (nSPS) is 13.9. The molecule has 0 saturated heterocycles. The molecule has 0 radical (unpaired) electrons. The van der Waals surface area contributed by atoms with Gasteiger partial charge in [-0.2, -0.15) is 5.10 Å². The number of pyridine rings is 1. The Morgan fingerprint density at radius 2 is 1.96 bits per heavy atom. The van der Waals surface area contributed by atoms with Crippen molar-refractivity contribution in [1.82, 2.24) is 9.61 Å². The van der Waals surface area contributed by atoms with Gasteiger partial charge in [-0.3, -0.25) is 4.72 Å². The average molecular weight is 399 g/mol. The van der Waals surface area contributed by atoms with Crippen molar-refractivity contribution in [2.75, 3.05) is 11.3 Å². The molecule has 28 heavy (non-hydrogen) atoms. The molecule has 0 atom stereocenters. The molecule has 1 aliphatic carbocycles. The quantitative estimate of drug-likeness (QED) is 0.666. The van der Waals surface area contributed by atoms with Crippen LogP contribution >= 0.6 is 0 Å². The molecule has 0 fully saturated rings. The number of anilines is 1. The molecule has 4 rings (SSSR count). The molecule has 1 aliphatic rings. The lowest BCUT2D eigenvalue weighted by atomic mass is 9.92. The van der Waals surface area contributed by atoms with Crippen LogP contribution in [0.1, 0.15) is 41.3 Å². The molecule has 0 aliphatic heterocycles. The van der Waals surface area contributed by atoms with E-state index in [4.69, 9.17) is 4.74 Å². The Balaban J connectivity index is 1.65. The van der Waals surface area contributed by atoms with Crippen molar-refractivity contribution < 1.29 is 17.9 Å². The van der Waals surface area contributed by atoms with Crippen LogP contribution < -0.4 is 4.72 Å². The highest BCUT2D eigenvalue weighted by molar-refractivity contribution is 7.92. The van der Waals surface area contributed by atoms with Gasteiger partial charge in [-0.1, -0.05) is 6.07 Å². The van der Waals surface area contributed by atoms with Gasteiger partial charge < -0.3 is 4.74 Å². The summed E-state index contributed by atoms with van der Waals surface area (Å²) in [7, 11) is -3.74. The van der Waals surface area contributed by atoms with Gasteiger partial charge in [-0.05, 0) is 68.0 Å². The molecule has 146 valence electrons. The number of benzene rings is 1. The molecule has 0 saturated carbocycles. The van der Waals surface area contributed by atoms with Crippen LogP contribution in [0.15, 0.2) is 47.6 Å². The summed E-state index contributed by atoms with van der Waals surface area (Å²) >= 11 is 0. The lowest BCUT2D eigenvalue weighted by Crippen LogP contribution is -2.14. The highest BCUT2D eigenvalue weighted by atomic mass is 32.2. The van der Waals surface area contributed by atoms with Gasteiger partial charge in [0.1, 0.15) is 5.56 Å². The van der Waals surface area contributed by atoms with E-state index < -0.39 is 16.0 Å². The van der Waals surface area contributed by atoms with Crippen LogP contribution in [-0.4, -0.2) is 30.6 Å². The van der Waals surface area contributed by atoms with Gasteiger partial charge in [0.15, 0.2) is 0 Å². The number of nitrogens with one attached hydrogen (secondary N) is 1. The topological polar surface area (TPSA) is 89.8 Å². The Morgan fingerprint density at radius 3 is 2.75 bits per heavy atom. The van der Waals surface area contributed by atoms with E-state index in [-0.39, 0.29) is 17.1 Å². The lowest BCUT2D eigenvalue weighted by Gasteiger charge is -2.17. The Bertz CT molecular complexity index is 1150. The molecule has 1 aromatic carbocycles. The standard InChI is InChI=1S/C20H21N3O4S/c1-2-27-20(24)18-13-21-23-10-9-16(12-19(18)23)22-28(25,26)17-8-7-14-5-3-4-6-15(14)11-17/h7-13,22H,2-6H2,1H3. The number of carbonyl (C=O) groups is 1. The molecule has 7 nitrogen and oxygen atoms in total. The van der Waals surface area contributed by atoms with E-state index in [2.05, 4.69) is 9.82 Å². The fraction of sp³-hybridized carbons (Fsp3) is 0.300. The van der Waals surface area contributed by atoms with Crippen LogP contribution in [0.2, 0.25) is 0 Å². The second-order valence-corrected chi connectivity index (χ2v) is 8.45. The van der Waals surface area contributed by atoms with Crippen molar-refractivity contribution >= 4 is 27.2 Å². The lowest BCUT2D eigenvalue weighted by molar-refractivity contribution is 0.0528. The summed E-state index contributed by atoms with van der Waals surface area (Å²) in [5, 5.41) is 4.10. The predicted octanol–water partition coefficient (Wildman–Crippen LogP) is 3.19. The summed E-state index contributed by atoms with van der Waals surface area (Å²) in [4.78, 5) is 12.3. The molecular formula is C20H21N3O4S. The summed E-state index contributed by atoms with van der Waals surface area (Å²) in [6.45, 7) is 1.97. The van der Waals surface area contributed by atoms with Gasteiger partial charge in [-0.25, -0.2) is 17.7 Å². The van der Waals surface area contributed by atoms with Crippen LogP contribution in [0, 0.1) is 0 Å². The van der Waals surface area contributed by atoms with Gasteiger partial charge in [0.2, 0.25) is 0 Å². The van der Waals surface area contributed by atoms with E-state index in [9.17, 15) is 13.2 Å². The number of rotatable bonds is 5. The number of esters is 1. The Kier molecular flexibility index (Phi) is 4.80. The summed E-state index contributed by atoms with van der Waals surface area (Å²) in [6.07, 6.45) is 7.14. The van der Waals surface area contributed by atoms with Gasteiger partial charge in [0, 0.05) is 6.20 Å². The van der Waals surface area contributed by atoms with Crippen LogP contribution in [0.5, 0.6) is 0 Å². The van der Waals surface area contributed by atoms with E-state index in [0.717, 1.165) is 31.2 Å². The van der Waals surface area contributed by atoms with Crippen molar-refractivity contribution in [3.05, 3.63) is 59.4 Å². The first kappa shape index (κ1) is 18.5. The Morgan fingerprint density at radius 1 is 1.18 bits per heavy atom. The third-order valence-corrected chi connectivity index (χ3v) is 6.28. The first-order valence-electron chi connectivity index (χ1n) is 9.27. The third kappa shape index (κ3) is 3.47. The highest BCUT2D eigenvalue weighted by Crippen LogP contribution is 2.26. The predicted molar refractivity (Wildman–Crippen MR) is 105 cm³/mol. The minimum atomic E-state index is -3.74. The zero-order valence-corrected chi connectivity index (χ0v) is 16.3. The maximum atomic E-state index is 12.9. The van der Waals surface area contributed by atoms with Gasteiger partial charge in [0.05, 0.1) is 28.9 Å². The van der Waals surface area contributed by atoms with Gasteiger partial charge >= 0.3 is 5.97 Å². The SMILES string of the molecule is CCOC(=O)c1cnn2ccc(NS(=O)(=O)c3ccc4c(c3)CCCC4)cc12. The fourth-order valence-corrected chi connectivity index (χ4v) is 4.60. The summed E-state index contributed by atoms with van der Waals surface area (Å²) < 4.78 is 34.8. The average Bonchev–Trinajstić information content (AvgIpc) is 3.11. The summed E-state index contributed by atoms with van der Waals surface area (Å²) in [5.41, 5.74) is 3.45. The van der Waals surface area contributed by atoms with E-state index >= 15 is 0 Å². The molecular weight excluding hydrogens is 378 g/mol. The molecule has 0 bridgehead atoms. The number of fused-ring (bicyclic) bond motifs is 2. The molecule has 1 N–H and O–H groups in total. The highest BCUT2D eigenvalue weighted by Gasteiger charge is 2.19. The molecule has 0 unspecified atom stereocenters. The molecule has 2 aromatic heterocycles. The minimum Gasteiger partial charge on any atom is -0.462 e. The van der Waals surface area contributed by atoms with Crippen LogP contribution in [0.25, 0.3) is 5.52 Å². The van der Waals surface area contributed by atoms with E-state index in [1.54, 1.807) is 37.4 Å². The maximum absolute atomic E-state index is 12.9. The maximum Gasteiger partial charge on any atom is 0.341 e. The first-order valence-corrected chi connectivity index (χ1v) is 10.8. The van der Waals surface area contributed by atoms with E-state index in [1.165, 1.54) is 16.3 Å². The zero-order chi connectivity index (χ0) is 19.7. The van der Waals surface area contributed by atoms with E-state index in [1.807, 2.05) is 6.07 Å². The number of carbonyl (C=O) groups excluding carboxylic acids is 1. The number of ether oxygens (including phenoxy) is 1. The van der Waals surface area contributed by atoms with Crippen LogP contribution in [0.4, 0.5) is 5.69 Å². The number of hydrogen-bond acceptors (Lipinski definition) is 5. The summed E-state index contributed by atoms with van der Waals surface area (Å²) in [5.74, 6) is -0.493. The number of aromatic nitrogens is 2. The van der Waals surface area contributed by atoms with Crippen LogP contribution in [0.3, 0.4) is 0 Å². The first-order chi connectivity index (χ1) is 13.5. The zero-order valence-electron chi connectivity index (χ0n) is 15.5. The second kappa shape index (κ2) is 7.27. The minimum absolute atomic E-state index is 0.243. The van der Waals surface area contributed by atoms with Crippen molar-refractivity contribution in [3.8, 4) is 0 Å². The van der Waals surface area contributed by atoms with Gasteiger partial charge in [0.25, 0.3) is 10.0 Å². The fourth-order valence-electron chi connectivity index (χ4n) is 3.50. The van der Waals surface area contributed by atoms with E-state index in [0.29, 0.717) is 11.2 Å². The van der Waals surface area contributed by atoms with Crippen molar-refractivity contribution in [1.29, 1.82) is 0 Å². The molecule has 0 amide bonds. The largest absolute Gasteiger partial charge is 0.462 e. The van der Waals surface area contributed by atoms with Crippen molar-refractivity contribution in [2.45, 2.75) is 37.5 Å². The van der Waals surface area contributed by atoms with Crippen molar-refractivity contribution in [3.63, 3.8) is 0 Å². The smallest absolute Gasteiger partial charge is 0.341 e. The third-order valence-electron chi connectivity index (χ3n) is 4.90. The number of nitrogens with zero attached hydrogens (tertiary/aromatic N) is 2. The molecule has 2 heterocycles. The molecule has 0 spiro atoms. The number of hydrogen-bond donors (Lipinski definition) is 1. The molecule has 3 aromatic rings. The van der Waals surface area contributed by atoms with Gasteiger partial charge in [-0.15, -0.1) is 0 Å². The second-order valence-electron chi connectivity index (χ2n) is 6.77. The van der Waals surface area contributed by atoms with Crippen LogP contribution in [-0.2, 0) is 27.6 Å². The number of aryl methyl sites for hydroxylation is 2. The monoisotopic (exact) mass is 399 g/mol. The Hall–Kier alpha value is -2.87. The molecule has 8 heteroatoms.